The summed E-state index contributed by atoms with van der Waals surface area (Å²) in [5.74, 6) is 0.669. The van der Waals surface area contributed by atoms with Crippen molar-refractivity contribution in [1.29, 1.82) is 0 Å². The van der Waals surface area contributed by atoms with E-state index in [9.17, 15) is 5.21 Å². The lowest BCUT2D eigenvalue weighted by molar-refractivity contribution is -0.0496. The molecule has 92 valence electrons. The van der Waals surface area contributed by atoms with Gasteiger partial charge in [-0.2, -0.15) is 0 Å². The van der Waals surface area contributed by atoms with Gasteiger partial charge in [0.1, 0.15) is 0 Å². The molecule has 1 aliphatic rings. The molecule has 0 aromatic heterocycles. The van der Waals surface area contributed by atoms with Crippen LogP contribution in [0.4, 0.5) is 0 Å². The van der Waals surface area contributed by atoms with E-state index in [1.165, 1.54) is 36.3 Å². The fourth-order valence-corrected chi connectivity index (χ4v) is 2.42. The SMILES string of the molecule is Cc1cccc(CN(O)/C=C/C2CCCC2)c1. The minimum atomic E-state index is 0.560. The van der Waals surface area contributed by atoms with E-state index in [1.807, 2.05) is 18.3 Å². The Hall–Kier alpha value is -1.28. The molecule has 0 amide bonds. The summed E-state index contributed by atoms with van der Waals surface area (Å²) in [6, 6.07) is 8.24. The van der Waals surface area contributed by atoms with Gasteiger partial charge >= 0.3 is 0 Å². The Labute approximate surface area is 104 Å². The van der Waals surface area contributed by atoms with Crippen LogP contribution in [0.3, 0.4) is 0 Å². The van der Waals surface area contributed by atoms with Crippen molar-refractivity contribution in [3.05, 3.63) is 47.7 Å². The summed E-state index contributed by atoms with van der Waals surface area (Å²) < 4.78 is 0. The Bertz CT molecular complexity index is 380. The van der Waals surface area contributed by atoms with Gasteiger partial charge in [-0.25, -0.2) is 0 Å². The number of hydrogen-bond donors (Lipinski definition) is 1. The Kier molecular flexibility index (Phi) is 4.21. The molecule has 0 atom stereocenters. The maximum Gasteiger partial charge on any atom is 0.0696 e. The third kappa shape index (κ3) is 3.90. The molecule has 0 saturated heterocycles. The van der Waals surface area contributed by atoms with Crippen LogP contribution in [0.25, 0.3) is 0 Å². The fourth-order valence-electron chi connectivity index (χ4n) is 2.42. The standard InChI is InChI=1S/C15H21NO/c1-13-5-4-8-15(11-13)12-16(17)10-9-14-6-2-3-7-14/h4-5,8-11,14,17H,2-3,6-7,12H2,1H3/b10-9+. The highest BCUT2D eigenvalue weighted by Crippen LogP contribution is 2.25. The molecule has 1 aromatic rings. The van der Waals surface area contributed by atoms with Gasteiger partial charge in [-0.3, -0.25) is 10.3 Å². The summed E-state index contributed by atoms with van der Waals surface area (Å²) >= 11 is 0. The molecule has 1 aromatic carbocycles. The van der Waals surface area contributed by atoms with Gasteiger partial charge in [0.2, 0.25) is 0 Å². The van der Waals surface area contributed by atoms with E-state index >= 15 is 0 Å². The number of rotatable bonds is 4. The van der Waals surface area contributed by atoms with Crippen LogP contribution in [0.1, 0.15) is 36.8 Å². The number of aryl methyl sites for hydroxylation is 1. The second-order valence-corrected chi connectivity index (χ2v) is 4.97. The van der Waals surface area contributed by atoms with Gasteiger partial charge in [0, 0.05) is 6.20 Å². The summed E-state index contributed by atoms with van der Waals surface area (Å²) in [4.78, 5) is 0. The van der Waals surface area contributed by atoms with Crippen molar-refractivity contribution < 1.29 is 5.21 Å². The average Bonchev–Trinajstić information content (AvgIpc) is 2.79. The van der Waals surface area contributed by atoms with Crippen LogP contribution in [-0.2, 0) is 6.54 Å². The van der Waals surface area contributed by atoms with Crippen molar-refractivity contribution in [3.63, 3.8) is 0 Å². The minimum absolute atomic E-state index is 0.560. The molecule has 0 aliphatic heterocycles. The Morgan fingerprint density at radius 2 is 2.12 bits per heavy atom. The molecular weight excluding hydrogens is 210 g/mol. The second-order valence-electron chi connectivity index (χ2n) is 4.97. The number of nitrogens with zero attached hydrogens (tertiary/aromatic N) is 1. The second kappa shape index (κ2) is 5.87. The van der Waals surface area contributed by atoms with Gasteiger partial charge in [-0.05, 0) is 31.2 Å². The van der Waals surface area contributed by atoms with Gasteiger partial charge in [-0.15, -0.1) is 0 Å². The Balaban J connectivity index is 1.86. The molecule has 2 heteroatoms. The highest BCUT2D eigenvalue weighted by molar-refractivity contribution is 5.22. The van der Waals surface area contributed by atoms with Crippen molar-refractivity contribution in [2.75, 3.05) is 0 Å². The van der Waals surface area contributed by atoms with Crippen LogP contribution in [0.15, 0.2) is 36.5 Å². The molecular formula is C15H21NO. The lowest BCUT2D eigenvalue weighted by atomic mass is 10.1. The topological polar surface area (TPSA) is 23.5 Å². The van der Waals surface area contributed by atoms with Gasteiger partial charge in [-0.1, -0.05) is 48.7 Å². The average molecular weight is 231 g/mol. The first kappa shape index (κ1) is 12.2. The zero-order chi connectivity index (χ0) is 12.1. The third-order valence-electron chi connectivity index (χ3n) is 3.36. The molecule has 0 unspecified atom stereocenters. The van der Waals surface area contributed by atoms with E-state index in [4.69, 9.17) is 0 Å². The fraction of sp³-hybridized carbons (Fsp3) is 0.467. The molecule has 17 heavy (non-hydrogen) atoms. The zero-order valence-corrected chi connectivity index (χ0v) is 10.5. The van der Waals surface area contributed by atoms with Crippen LogP contribution in [-0.4, -0.2) is 10.3 Å². The van der Waals surface area contributed by atoms with Crippen molar-refractivity contribution in [2.45, 2.75) is 39.2 Å². The van der Waals surface area contributed by atoms with Crippen molar-refractivity contribution in [3.8, 4) is 0 Å². The van der Waals surface area contributed by atoms with Gasteiger partial charge in [0.25, 0.3) is 0 Å². The van der Waals surface area contributed by atoms with Gasteiger partial charge < -0.3 is 0 Å². The molecule has 0 heterocycles. The highest BCUT2D eigenvalue weighted by Gasteiger charge is 2.11. The summed E-state index contributed by atoms with van der Waals surface area (Å²) in [5, 5.41) is 11.1. The first-order chi connectivity index (χ1) is 8.24. The molecule has 0 radical (unpaired) electrons. The van der Waals surface area contributed by atoms with Crippen molar-refractivity contribution in [2.24, 2.45) is 5.92 Å². The molecule has 0 spiro atoms. The minimum Gasteiger partial charge on any atom is -0.289 e. The lowest BCUT2D eigenvalue weighted by Gasteiger charge is -2.13. The van der Waals surface area contributed by atoms with Gasteiger partial charge in [0.15, 0.2) is 0 Å². The largest absolute Gasteiger partial charge is 0.289 e. The van der Waals surface area contributed by atoms with E-state index < -0.39 is 0 Å². The molecule has 2 nitrogen and oxygen atoms in total. The number of allylic oxidation sites excluding steroid dienone is 1. The van der Waals surface area contributed by atoms with Gasteiger partial charge in [0.05, 0.1) is 6.54 Å². The Morgan fingerprint density at radius 3 is 2.82 bits per heavy atom. The quantitative estimate of drug-likeness (QED) is 0.795. The number of hydroxylamine groups is 2. The lowest BCUT2D eigenvalue weighted by Crippen LogP contribution is -2.11. The first-order valence-electron chi connectivity index (χ1n) is 6.43. The summed E-state index contributed by atoms with van der Waals surface area (Å²) in [7, 11) is 0. The van der Waals surface area contributed by atoms with Crippen molar-refractivity contribution >= 4 is 0 Å². The predicted molar refractivity (Wildman–Crippen MR) is 69.6 cm³/mol. The molecule has 1 aliphatic carbocycles. The normalized spacial score (nSPS) is 16.8. The van der Waals surface area contributed by atoms with E-state index in [2.05, 4.69) is 25.1 Å². The van der Waals surface area contributed by atoms with E-state index in [-0.39, 0.29) is 0 Å². The zero-order valence-electron chi connectivity index (χ0n) is 10.5. The van der Waals surface area contributed by atoms with Crippen LogP contribution in [0.2, 0.25) is 0 Å². The van der Waals surface area contributed by atoms with E-state index in [0.29, 0.717) is 12.5 Å². The maximum absolute atomic E-state index is 9.80. The molecule has 0 bridgehead atoms. The van der Waals surface area contributed by atoms with Crippen LogP contribution in [0.5, 0.6) is 0 Å². The maximum atomic E-state index is 9.80. The van der Waals surface area contributed by atoms with Crippen LogP contribution in [0, 0.1) is 12.8 Å². The van der Waals surface area contributed by atoms with Crippen LogP contribution < -0.4 is 0 Å². The smallest absolute Gasteiger partial charge is 0.0696 e. The molecule has 1 fully saturated rings. The Morgan fingerprint density at radius 1 is 1.35 bits per heavy atom. The molecule has 1 N–H and O–H groups in total. The van der Waals surface area contributed by atoms with Crippen LogP contribution >= 0.6 is 0 Å². The summed E-state index contributed by atoms with van der Waals surface area (Å²) in [6.07, 6.45) is 9.17. The summed E-state index contributed by atoms with van der Waals surface area (Å²) in [5.41, 5.74) is 2.37. The van der Waals surface area contributed by atoms with Crippen molar-refractivity contribution in [1.82, 2.24) is 5.06 Å². The van der Waals surface area contributed by atoms with E-state index in [0.717, 1.165) is 5.56 Å². The number of hydrogen-bond acceptors (Lipinski definition) is 2. The monoisotopic (exact) mass is 231 g/mol. The first-order valence-corrected chi connectivity index (χ1v) is 6.43. The molecule has 1 saturated carbocycles. The third-order valence-corrected chi connectivity index (χ3v) is 3.36. The highest BCUT2D eigenvalue weighted by atomic mass is 16.5. The van der Waals surface area contributed by atoms with E-state index in [1.54, 1.807) is 0 Å². The predicted octanol–water partition coefficient (Wildman–Crippen LogP) is 3.89. The number of benzene rings is 1. The summed E-state index contributed by atoms with van der Waals surface area (Å²) in [6.45, 7) is 2.63. The molecule has 2 rings (SSSR count).